The van der Waals surface area contributed by atoms with Crippen molar-refractivity contribution < 1.29 is 8.78 Å². The quantitative estimate of drug-likeness (QED) is 0.849. The molecular weight excluding hydrogens is 244 g/mol. The van der Waals surface area contributed by atoms with Crippen molar-refractivity contribution in [3.8, 4) is 0 Å². The van der Waals surface area contributed by atoms with Gasteiger partial charge in [-0.3, -0.25) is 0 Å². The van der Waals surface area contributed by atoms with E-state index in [0.717, 1.165) is 12.1 Å². The van der Waals surface area contributed by atoms with Crippen LogP contribution in [0.5, 0.6) is 0 Å². The highest BCUT2D eigenvalue weighted by Gasteiger charge is 2.06. The van der Waals surface area contributed by atoms with E-state index in [1.165, 1.54) is 17.2 Å². The van der Waals surface area contributed by atoms with Crippen molar-refractivity contribution in [2.75, 3.05) is 0 Å². The van der Waals surface area contributed by atoms with Crippen molar-refractivity contribution in [3.63, 3.8) is 0 Å². The average molecular weight is 261 g/mol. The van der Waals surface area contributed by atoms with Crippen LogP contribution in [0.2, 0.25) is 0 Å². The van der Waals surface area contributed by atoms with Crippen molar-refractivity contribution in [2.45, 2.75) is 26.4 Å². The summed E-state index contributed by atoms with van der Waals surface area (Å²) in [4.78, 5) is 0. The molecule has 0 atom stereocenters. The molecule has 0 saturated carbocycles. The maximum atomic E-state index is 12.6. The molecule has 0 unspecified atom stereocenters. The van der Waals surface area contributed by atoms with Gasteiger partial charge in [0.2, 0.25) is 0 Å². The van der Waals surface area contributed by atoms with Crippen LogP contribution in [0.4, 0.5) is 8.78 Å². The van der Waals surface area contributed by atoms with Crippen molar-refractivity contribution in [2.24, 2.45) is 0 Å². The Hall–Kier alpha value is -1.74. The molecular formula is C16H17F2N. The predicted molar refractivity (Wildman–Crippen MR) is 73.1 cm³/mol. The highest BCUT2D eigenvalue weighted by molar-refractivity contribution is 5.25. The third-order valence-electron chi connectivity index (χ3n) is 2.98. The molecule has 0 aliphatic heterocycles. The highest BCUT2D eigenvalue weighted by atomic mass is 19.3. The highest BCUT2D eigenvalue weighted by Crippen LogP contribution is 2.19. The summed E-state index contributed by atoms with van der Waals surface area (Å²) in [6.45, 7) is 3.38. The van der Waals surface area contributed by atoms with E-state index in [4.69, 9.17) is 0 Å². The van der Waals surface area contributed by atoms with Gasteiger partial charge in [0.1, 0.15) is 0 Å². The van der Waals surface area contributed by atoms with Gasteiger partial charge in [0.25, 0.3) is 6.43 Å². The lowest BCUT2D eigenvalue weighted by atomic mass is 10.1. The number of alkyl halides is 2. The summed E-state index contributed by atoms with van der Waals surface area (Å²) < 4.78 is 25.1. The Morgan fingerprint density at radius 3 is 2.32 bits per heavy atom. The minimum Gasteiger partial charge on any atom is -0.309 e. The summed E-state index contributed by atoms with van der Waals surface area (Å²) in [5.41, 5.74) is 3.38. The Kier molecular flexibility index (Phi) is 4.63. The van der Waals surface area contributed by atoms with Gasteiger partial charge in [-0.05, 0) is 24.1 Å². The molecule has 0 radical (unpaired) electrons. The van der Waals surface area contributed by atoms with Gasteiger partial charge in [-0.2, -0.15) is 0 Å². The van der Waals surface area contributed by atoms with Gasteiger partial charge < -0.3 is 5.32 Å². The number of aryl methyl sites for hydroxylation is 1. The summed E-state index contributed by atoms with van der Waals surface area (Å²) in [5.74, 6) is 0. The molecule has 19 heavy (non-hydrogen) atoms. The predicted octanol–water partition coefficient (Wildman–Crippen LogP) is 4.22. The van der Waals surface area contributed by atoms with Crippen LogP contribution in [-0.4, -0.2) is 0 Å². The molecule has 1 N–H and O–H groups in total. The molecule has 0 saturated heterocycles. The summed E-state index contributed by atoms with van der Waals surface area (Å²) >= 11 is 0. The molecule has 0 spiro atoms. The minimum absolute atomic E-state index is 0.0784. The van der Waals surface area contributed by atoms with Crippen LogP contribution in [-0.2, 0) is 13.1 Å². The monoisotopic (exact) mass is 261 g/mol. The molecule has 1 nitrogen and oxygen atoms in total. The number of hydrogen-bond donors (Lipinski definition) is 1. The van der Waals surface area contributed by atoms with Crippen LogP contribution in [0, 0.1) is 6.92 Å². The molecule has 2 rings (SSSR count). The normalized spacial score (nSPS) is 10.9. The van der Waals surface area contributed by atoms with Crippen molar-refractivity contribution >= 4 is 0 Å². The molecule has 0 bridgehead atoms. The third kappa shape index (κ3) is 4.14. The first-order valence-electron chi connectivity index (χ1n) is 6.28. The molecule has 100 valence electrons. The van der Waals surface area contributed by atoms with Gasteiger partial charge in [-0.25, -0.2) is 8.78 Å². The van der Waals surface area contributed by atoms with E-state index >= 15 is 0 Å². The fourth-order valence-corrected chi connectivity index (χ4v) is 1.90. The lowest BCUT2D eigenvalue weighted by Gasteiger charge is -2.07. The Morgan fingerprint density at radius 1 is 0.947 bits per heavy atom. The summed E-state index contributed by atoms with van der Waals surface area (Å²) in [6.07, 6.45) is -2.41. The van der Waals surface area contributed by atoms with Gasteiger partial charge in [-0.15, -0.1) is 0 Å². The van der Waals surface area contributed by atoms with Crippen LogP contribution in [0.25, 0.3) is 0 Å². The smallest absolute Gasteiger partial charge is 0.263 e. The van der Waals surface area contributed by atoms with Gasteiger partial charge in [0.15, 0.2) is 0 Å². The van der Waals surface area contributed by atoms with E-state index in [1.54, 1.807) is 12.1 Å². The SMILES string of the molecule is Cc1ccc(CNCc2cccc(C(F)F)c2)cc1. The zero-order valence-electron chi connectivity index (χ0n) is 10.9. The minimum atomic E-state index is -2.41. The Bertz CT molecular complexity index is 521. The second-order valence-electron chi connectivity index (χ2n) is 4.63. The van der Waals surface area contributed by atoms with Crippen LogP contribution >= 0.6 is 0 Å². The Balaban J connectivity index is 1.88. The first kappa shape index (κ1) is 13.7. The summed E-state index contributed by atoms with van der Waals surface area (Å²) in [6, 6.07) is 14.8. The second kappa shape index (κ2) is 6.43. The van der Waals surface area contributed by atoms with E-state index < -0.39 is 6.43 Å². The largest absolute Gasteiger partial charge is 0.309 e. The Labute approximate surface area is 112 Å². The summed E-state index contributed by atoms with van der Waals surface area (Å²) in [5, 5.41) is 3.26. The zero-order valence-corrected chi connectivity index (χ0v) is 10.9. The zero-order chi connectivity index (χ0) is 13.7. The van der Waals surface area contributed by atoms with Crippen molar-refractivity contribution in [3.05, 3.63) is 70.8 Å². The fraction of sp³-hybridized carbons (Fsp3) is 0.250. The van der Waals surface area contributed by atoms with Gasteiger partial charge in [0.05, 0.1) is 0 Å². The molecule has 0 aliphatic carbocycles. The maximum absolute atomic E-state index is 12.6. The Morgan fingerprint density at radius 2 is 1.63 bits per heavy atom. The number of hydrogen-bond acceptors (Lipinski definition) is 1. The van der Waals surface area contributed by atoms with E-state index in [-0.39, 0.29) is 5.56 Å². The molecule has 0 aliphatic rings. The van der Waals surface area contributed by atoms with Gasteiger partial charge in [-0.1, -0.05) is 48.0 Å². The average Bonchev–Trinajstić information content (AvgIpc) is 2.41. The van der Waals surface area contributed by atoms with Crippen molar-refractivity contribution in [1.82, 2.24) is 5.32 Å². The molecule has 0 amide bonds. The van der Waals surface area contributed by atoms with Gasteiger partial charge in [0, 0.05) is 18.7 Å². The van der Waals surface area contributed by atoms with Crippen LogP contribution < -0.4 is 5.32 Å². The number of benzene rings is 2. The number of halogens is 2. The second-order valence-corrected chi connectivity index (χ2v) is 4.63. The maximum Gasteiger partial charge on any atom is 0.263 e. The fourth-order valence-electron chi connectivity index (χ4n) is 1.90. The molecule has 0 aromatic heterocycles. The molecule has 3 heteroatoms. The topological polar surface area (TPSA) is 12.0 Å². The van der Waals surface area contributed by atoms with Crippen molar-refractivity contribution in [1.29, 1.82) is 0 Å². The van der Waals surface area contributed by atoms with E-state index in [0.29, 0.717) is 6.54 Å². The van der Waals surface area contributed by atoms with E-state index in [2.05, 4.69) is 29.6 Å². The lowest BCUT2D eigenvalue weighted by Crippen LogP contribution is -2.12. The number of nitrogens with one attached hydrogen (secondary N) is 1. The molecule has 0 fully saturated rings. The van der Waals surface area contributed by atoms with E-state index in [1.807, 2.05) is 13.0 Å². The molecule has 2 aromatic rings. The lowest BCUT2D eigenvalue weighted by molar-refractivity contribution is 0.151. The standard InChI is InChI=1S/C16H17F2N/c1-12-5-7-13(8-6-12)10-19-11-14-3-2-4-15(9-14)16(17)18/h2-9,16,19H,10-11H2,1H3. The number of rotatable bonds is 5. The van der Waals surface area contributed by atoms with Crippen LogP contribution in [0.15, 0.2) is 48.5 Å². The van der Waals surface area contributed by atoms with Crippen LogP contribution in [0.3, 0.4) is 0 Å². The molecule has 0 heterocycles. The first-order valence-corrected chi connectivity index (χ1v) is 6.28. The first-order chi connectivity index (χ1) is 9.15. The molecule has 2 aromatic carbocycles. The third-order valence-corrected chi connectivity index (χ3v) is 2.98. The summed E-state index contributed by atoms with van der Waals surface area (Å²) in [7, 11) is 0. The van der Waals surface area contributed by atoms with Crippen LogP contribution in [0.1, 0.15) is 28.7 Å². The van der Waals surface area contributed by atoms with E-state index in [9.17, 15) is 8.78 Å². The van der Waals surface area contributed by atoms with Gasteiger partial charge >= 0.3 is 0 Å².